The van der Waals surface area contributed by atoms with Gasteiger partial charge in [0, 0.05) is 10.5 Å². The molecule has 0 saturated carbocycles. The highest BCUT2D eigenvalue weighted by Crippen LogP contribution is 2.30. The quantitative estimate of drug-likeness (QED) is 0.767. The molecule has 1 atom stereocenters. The van der Waals surface area contributed by atoms with E-state index >= 15 is 0 Å². The van der Waals surface area contributed by atoms with Crippen molar-refractivity contribution in [2.24, 2.45) is 5.73 Å². The predicted molar refractivity (Wildman–Crippen MR) is 52.8 cm³/mol. The third kappa shape index (κ3) is 2.36. The Morgan fingerprint density at radius 1 is 1.43 bits per heavy atom. The average Bonchev–Trinajstić information content (AvgIpc) is 2.17. The van der Waals surface area contributed by atoms with Crippen molar-refractivity contribution in [1.82, 2.24) is 0 Å². The average molecular weight is 219 g/mol. The van der Waals surface area contributed by atoms with Gasteiger partial charge in [-0.25, -0.2) is 8.78 Å². The fourth-order valence-electron chi connectivity index (χ4n) is 1.06. The molecule has 78 valence electrons. The summed E-state index contributed by atoms with van der Waals surface area (Å²) in [6.45, 7) is 0. The van der Waals surface area contributed by atoms with Crippen LogP contribution in [0.2, 0.25) is 0 Å². The lowest BCUT2D eigenvalue weighted by Gasteiger charge is -2.13. The van der Waals surface area contributed by atoms with Gasteiger partial charge >= 0.3 is 0 Å². The standard InChI is InChI=1S/C9H11F2NOS/c1-14-5-2-3-7(13)6(4-5)8(12)9(10)11/h2-4,8-9,13H,12H2,1H3. The minimum Gasteiger partial charge on any atom is -0.508 e. The van der Waals surface area contributed by atoms with Crippen LogP contribution in [0.25, 0.3) is 0 Å². The number of phenols is 1. The number of rotatable bonds is 3. The molecule has 1 unspecified atom stereocenters. The van der Waals surface area contributed by atoms with Crippen molar-refractivity contribution in [2.75, 3.05) is 6.26 Å². The highest BCUT2D eigenvalue weighted by atomic mass is 32.2. The molecule has 1 aromatic carbocycles. The molecule has 0 aromatic heterocycles. The van der Waals surface area contributed by atoms with Gasteiger partial charge < -0.3 is 10.8 Å². The second-order valence-electron chi connectivity index (χ2n) is 2.78. The van der Waals surface area contributed by atoms with E-state index in [-0.39, 0.29) is 11.3 Å². The first kappa shape index (κ1) is 11.3. The molecule has 0 heterocycles. The number of hydrogen-bond acceptors (Lipinski definition) is 3. The molecule has 2 nitrogen and oxygen atoms in total. The summed E-state index contributed by atoms with van der Waals surface area (Å²) in [4.78, 5) is 0.800. The maximum Gasteiger partial charge on any atom is 0.257 e. The number of nitrogens with two attached hydrogens (primary N) is 1. The summed E-state index contributed by atoms with van der Waals surface area (Å²) in [5.41, 5.74) is 5.33. The summed E-state index contributed by atoms with van der Waals surface area (Å²) in [5, 5.41) is 9.33. The van der Waals surface area contributed by atoms with Crippen LogP contribution in [0.3, 0.4) is 0 Å². The normalized spacial score (nSPS) is 13.2. The van der Waals surface area contributed by atoms with Gasteiger partial charge in [0.1, 0.15) is 5.75 Å². The van der Waals surface area contributed by atoms with Gasteiger partial charge in [-0.15, -0.1) is 11.8 Å². The Labute approximate surface area is 85.1 Å². The van der Waals surface area contributed by atoms with Gasteiger partial charge in [0.05, 0.1) is 6.04 Å². The Morgan fingerprint density at radius 3 is 2.57 bits per heavy atom. The minimum absolute atomic E-state index is 0.0897. The highest BCUT2D eigenvalue weighted by Gasteiger charge is 2.20. The molecule has 0 radical (unpaired) electrons. The van der Waals surface area contributed by atoms with Crippen molar-refractivity contribution in [3.8, 4) is 5.75 Å². The summed E-state index contributed by atoms with van der Waals surface area (Å²) in [6.07, 6.45) is -0.845. The molecule has 5 heteroatoms. The van der Waals surface area contributed by atoms with E-state index in [0.29, 0.717) is 0 Å². The van der Waals surface area contributed by atoms with E-state index in [1.807, 2.05) is 6.26 Å². The van der Waals surface area contributed by atoms with E-state index in [1.54, 1.807) is 6.07 Å². The minimum atomic E-state index is -2.67. The fourth-order valence-corrected chi connectivity index (χ4v) is 1.51. The first-order chi connectivity index (χ1) is 6.56. The number of aromatic hydroxyl groups is 1. The molecule has 0 saturated heterocycles. The number of halogens is 2. The lowest BCUT2D eigenvalue weighted by Crippen LogP contribution is -2.19. The van der Waals surface area contributed by atoms with E-state index < -0.39 is 12.5 Å². The molecule has 0 bridgehead atoms. The van der Waals surface area contributed by atoms with Gasteiger partial charge in [-0.3, -0.25) is 0 Å². The summed E-state index contributed by atoms with van der Waals surface area (Å²) in [5.74, 6) is -0.185. The van der Waals surface area contributed by atoms with E-state index in [1.165, 1.54) is 23.9 Å². The third-order valence-corrected chi connectivity index (χ3v) is 2.59. The van der Waals surface area contributed by atoms with E-state index in [2.05, 4.69) is 0 Å². The van der Waals surface area contributed by atoms with Crippen LogP contribution >= 0.6 is 11.8 Å². The van der Waals surface area contributed by atoms with Crippen LogP contribution in [0, 0.1) is 0 Å². The van der Waals surface area contributed by atoms with Crippen molar-refractivity contribution in [3.63, 3.8) is 0 Å². The van der Waals surface area contributed by atoms with Crippen molar-refractivity contribution in [1.29, 1.82) is 0 Å². The zero-order chi connectivity index (χ0) is 10.7. The highest BCUT2D eigenvalue weighted by molar-refractivity contribution is 7.98. The number of phenolic OH excluding ortho intramolecular Hbond substituents is 1. The number of thioether (sulfide) groups is 1. The predicted octanol–water partition coefficient (Wildman–Crippen LogP) is 2.38. The molecule has 0 aliphatic heterocycles. The van der Waals surface area contributed by atoms with Crippen LogP contribution in [0.15, 0.2) is 23.1 Å². The Balaban J connectivity index is 3.05. The molecule has 0 fully saturated rings. The Bertz CT molecular complexity index is 320. The fraction of sp³-hybridized carbons (Fsp3) is 0.333. The monoisotopic (exact) mass is 219 g/mol. The van der Waals surface area contributed by atoms with Crippen molar-refractivity contribution in [3.05, 3.63) is 23.8 Å². The van der Waals surface area contributed by atoms with Crippen LogP contribution in [0.5, 0.6) is 5.75 Å². The third-order valence-electron chi connectivity index (χ3n) is 1.87. The van der Waals surface area contributed by atoms with Crippen molar-refractivity contribution < 1.29 is 13.9 Å². The smallest absolute Gasteiger partial charge is 0.257 e. The maximum absolute atomic E-state index is 12.3. The number of hydrogen-bond donors (Lipinski definition) is 2. The van der Waals surface area contributed by atoms with Gasteiger partial charge in [0.2, 0.25) is 0 Å². The number of alkyl halides is 2. The van der Waals surface area contributed by atoms with E-state index in [9.17, 15) is 13.9 Å². The summed E-state index contributed by atoms with van der Waals surface area (Å²) >= 11 is 1.41. The molecular formula is C9H11F2NOS. The van der Waals surface area contributed by atoms with Gasteiger partial charge in [-0.05, 0) is 24.5 Å². The van der Waals surface area contributed by atoms with Gasteiger partial charge in [-0.2, -0.15) is 0 Å². The van der Waals surface area contributed by atoms with Crippen molar-refractivity contribution >= 4 is 11.8 Å². The van der Waals surface area contributed by atoms with Crippen LogP contribution in [-0.4, -0.2) is 17.8 Å². The van der Waals surface area contributed by atoms with E-state index in [4.69, 9.17) is 5.73 Å². The summed E-state index contributed by atoms with van der Waals surface area (Å²) in [6, 6.07) is 3.09. The zero-order valence-electron chi connectivity index (χ0n) is 7.58. The molecule has 1 aromatic rings. The molecule has 1 rings (SSSR count). The second kappa shape index (κ2) is 4.61. The lowest BCUT2D eigenvalue weighted by molar-refractivity contribution is 0.115. The molecule has 14 heavy (non-hydrogen) atoms. The second-order valence-corrected chi connectivity index (χ2v) is 3.66. The molecule has 0 aliphatic rings. The van der Waals surface area contributed by atoms with E-state index in [0.717, 1.165) is 4.90 Å². The van der Waals surface area contributed by atoms with Crippen LogP contribution < -0.4 is 5.73 Å². The van der Waals surface area contributed by atoms with Crippen LogP contribution in [0.1, 0.15) is 11.6 Å². The Kier molecular flexibility index (Phi) is 3.71. The Hall–Kier alpha value is -0.810. The SMILES string of the molecule is CSc1ccc(O)c(C(N)C(F)F)c1. The molecule has 0 spiro atoms. The molecular weight excluding hydrogens is 208 g/mol. The largest absolute Gasteiger partial charge is 0.508 e. The molecule has 3 N–H and O–H groups in total. The summed E-state index contributed by atoms with van der Waals surface area (Å²) in [7, 11) is 0. The molecule has 0 amide bonds. The first-order valence-electron chi connectivity index (χ1n) is 3.97. The van der Waals surface area contributed by atoms with Gasteiger partial charge in [0.15, 0.2) is 0 Å². The number of benzene rings is 1. The van der Waals surface area contributed by atoms with Crippen molar-refractivity contribution in [2.45, 2.75) is 17.4 Å². The molecule has 0 aliphatic carbocycles. The topological polar surface area (TPSA) is 46.2 Å². The van der Waals surface area contributed by atoms with Gasteiger partial charge in [-0.1, -0.05) is 0 Å². The zero-order valence-corrected chi connectivity index (χ0v) is 8.39. The van der Waals surface area contributed by atoms with Crippen LogP contribution in [0.4, 0.5) is 8.78 Å². The summed E-state index contributed by atoms with van der Waals surface area (Å²) < 4.78 is 24.6. The van der Waals surface area contributed by atoms with Gasteiger partial charge in [0.25, 0.3) is 6.43 Å². The van der Waals surface area contributed by atoms with Crippen LogP contribution in [-0.2, 0) is 0 Å². The first-order valence-corrected chi connectivity index (χ1v) is 5.19. The maximum atomic E-state index is 12.3. The lowest BCUT2D eigenvalue weighted by atomic mass is 10.1. The Morgan fingerprint density at radius 2 is 2.07 bits per heavy atom.